The molecule has 6 atom stereocenters. The Kier molecular flexibility index (Phi) is 0.443. The Morgan fingerprint density at radius 2 is 1.75 bits per heavy atom. The maximum absolute atomic E-state index is 11.4. The van der Waals surface area contributed by atoms with Gasteiger partial charge in [-0.05, 0) is 47.8 Å². The average molecular weight is 161 g/mol. The van der Waals surface area contributed by atoms with Crippen molar-refractivity contribution in [2.45, 2.75) is 6.42 Å². The van der Waals surface area contributed by atoms with Gasteiger partial charge >= 0.3 is 0 Å². The van der Waals surface area contributed by atoms with E-state index in [9.17, 15) is 4.79 Å². The highest BCUT2D eigenvalue weighted by Gasteiger charge is 2.99. The van der Waals surface area contributed by atoms with E-state index in [0.717, 1.165) is 41.4 Å². The van der Waals surface area contributed by atoms with Crippen LogP contribution in [0.3, 0.4) is 0 Å². The highest BCUT2D eigenvalue weighted by atomic mass is 16.1. The van der Waals surface area contributed by atoms with Crippen molar-refractivity contribution in [2.75, 3.05) is 0 Å². The monoisotopic (exact) mass is 161 g/mol. The molecule has 2 nitrogen and oxygen atoms in total. The largest absolute Gasteiger partial charge is 0.369 e. The van der Waals surface area contributed by atoms with Crippen LogP contribution in [0.15, 0.2) is 0 Å². The summed E-state index contributed by atoms with van der Waals surface area (Å²) in [7, 11) is 0. The van der Waals surface area contributed by atoms with Gasteiger partial charge in [0.25, 0.3) is 0 Å². The molecule has 12 heavy (non-hydrogen) atoms. The summed E-state index contributed by atoms with van der Waals surface area (Å²) in [4.78, 5) is 11.4. The van der Waals surface area contributed by atoms with E-state index in [-0.39, 0.29) is 11.3 Å². The van der Waals surface area contributed by atoms with Crippen molar-refractivity contribution in [2.24, 2.45) is 52.6 Å². The zero-order chi connectivity index (χ0) is 7.83. The molecule has 2 heteroatoms. The third kappa shape index (κ3) is 0.221. The second-order valence-corrected chi connectivity index (χ2v) is 5.59. The zero-order valence-electron chi connectivity index (χ0n) is 6.73. The van der Waals surface area contributed by atoms with Gasteiger partial charge in [0.1, 0.15) is 0 Å². The van der Waals surface area contributed by atoms with Gasteiger partial charge in [0, 0.05) is 0 Å². The van der Waals surface area contributed by atoms with E-state index in [1.165, 1.54) is 6.42 Å². The third-order valence-corrected chi connectivity index (χ3v) is 5.95. The van der Waals surface area contributed by atoms with E-state index in [1.54, 1.807) is 0 Å². The predicted molar refractivity (Wildman–Crippen MR) is 40.7 cm³/mol. The van der Waals surface area contributed by atoms with Gasteiger partial charge in [0.05, 0.1) is 5.41 Å². The van der Waals surface area contributed by atoms with E-state index in [2.05, 4.69) is 0 Å². The molecule has 0 aromatic rings. The minimum Gasteiger partial charge on any atom is -0.369 e. The molecule has 6 fully saturated rings. The normalized spacial score (nSPS) is 82.8. The number of nitrogens with two attached hydrogens (primary N) is 1. The van der Waals surface area contributed by atoms with Gasteiger partial charge in [-0.25, -0.2) is 0 Å². The molecule has 2 N–H and O–H groups in total. The van der Waals surface area contributed by atoms with Gasteiger partial charge in [-0.2, -0.15) is 0 Å². The Balaban J connectivity index is 1.84. The van der Waals surface area contributed by atoms with Crippen molar-refractivity contribution >= 4 is 5.91 Å². The molecule has 2 bridgehead atoms. The van der Waals surface area contributed by atoms with Crippen molar-refractivity contribution in [3.05, 3.63) is 0 Å². The van der Waals surface area contributed by atoms with Crippen LogP contribution in [-0.4, -0.2) is 5.91 Å². The van der Waals surface area contributed by atoms with Gasteiger partial charge < -0.3 is 5.73 Å². The summed E-state index contributed by atoms with van der Waals surface area (Å²) in [6, 6.07) is 0. The third-order valence-electron chi connectivity index (χ3n) is 5.95. The van der Waals surface area contributed by atoms with Crippen molar-refractivity contribution < 1.29 is 4.79 Å². The first-order chi connectivity index (χ1) is 5.79. The maximum Gasteiger partial charge on any atom is 0.224 e. The van der Waals surface area contributed by atoms with Gasteiger partial charge in [-0.15, -0.1) is 0 Å². The Bertz CT molecular complexity index is 322. The second-order valence-electron chi connectivity index (χ2n) is 5.59. The van der Waals surface area contributed by atoms with Crippen LogP contribution in [0.4, 0.5) is 0 Å². The van der Waals surface area contributed by atoms with Crippen molar-refractivity contribution in [3.63, 3.8) is 0 Å². The van der Waals surface area contributed by atoms with Gasteiger partial charge in [0.15, 0.2) is 0 Å². The fourth-order valence-electron chi connectivity index (χ4n) is 6.14. The molecule has 0 heterocycles. The number of hydrogen-bond donors (Lipinski definition) is 1. The lowest BCUT2D eigenvalue weighted by Gasteiger charge is -2.07. The molecular weight excluding hydrogens is 150 g/mol. The number of hydrogen-bond acceptors (Lipinski definition) is 1. The van der Waals surface area contributed by atoms with Crippen LogP contribution in [0.25, 0.3) is 0 Å². The van der Waals surface area contributed by atoms with Gasteiger partial charge in [-0.1, -0.05) is 0 Å². The first-order valence-electron chi connectivity index (χ1n) is 5.09. The molecule has 6 unspecified atom stereocenters. The molecule has 62 valence electrons. The Labute approximate surface area is 70.5 Å². The lowest BCUT2D eigenvalue weighted by molar-refractivity contribution is -0.124. The molecular formula is C10H11NO. The van der Waals surface area contributed by atoms with Crippen LogP contribution in [0.5, 0.6) is 0 Å². The van der Waals surface area contributed by atoms with Crippen LogP contribution in [0, 0.1) is 46.8 Å². The Hall–Kier alpha value is -0.530. The summed E-state index contributed by atoms with van der Waals surface area (Å²) in [6.45, 7) is 0. The van der Waals surface area contributed by atoms with Crippen LogP contribution in [-0.2, 0) is 4.79 Å². The summed E-state index contributed by atoms with van der Waals surface area (Å²) in [5.74, 6) is 6.23. The summed E-state index contributed by atoms with van der Waals surface area (Å²) < 4.78 is 0. The van der Waals surface area contributed by atoms with Gasteiger partial charge in [-0.3, -0.25) is 4.79 Å². The summed E-state index contributed by atoms with van der Waals surface area (Å²) in [6.07, 6.45) is 1.45. The second kappa shape index (κ2) is 1.01. The lowest BCUT2D eigenvalue weighted by atomic mass is 9.97. The molecule has 0 radical (unpaired) electrons. The highest BCUT2D eigenvalue weighted by Crippen LogP contribution is 2.99. The topological polar surface area (TPSA) is 43.1 Å². The Morgan fingerprint density at radius 3 is 2.00 bits per heavy atom. The summed E-state index contributed by atoms with van der Waals surface area (Å²) >= 11 is 0. The smallest absolute Gasteiger partial charge is 0.224 e. The van der Waals surface area contributed by atoms with Crippen LogP contribution < -0.4 is 5.73 Å². The van der Waals surface area contributed by atoms with Crippen LogP contribution in [0.1, 0.15) is 6.42 Å². The predicted octanol–water partition coefficient (Wildman–Crippen LogP) is 0.230. The molecule has 6 aliphatic rings. The zero-order valence-corrected chi connectivity index (χ0v) is 6.73. The van der Waals surface area contributed by atoms with E-state index < -0.39 is 0 Å². The van der Waals surface area contributed by atoms with E-state index in [0.29, 0.717) is 0 Å². The van der Waals surface area contributed by atoms with E-state index in [4.69, 9.17) is 5.73 Å². The minimum atomic E-state index is 0.0553. The summed E-state index contributed by atoms with van der Waals surface area (Å²) in [5.41, 5.74) is 5.64. The first-order valence-corrected chi connectivity index (χ1v) is 5.09. The maximum atomic E-state index is 11.4. The quantitative estimate of drug-likeness (QED) is 0.587. The van der Waals surface area contributed by atoms with Crippen molar-refractivity contribution in [1.29, 1.82) is 0 Å². The molecule has 0 saturated heterocycles. The van der Waals surface area contributed by atoms with Crippen molar-refractivity contribution in [3.8, 4) is 0 Å². The van der Waals surface area contributed by atoms with E-state index in [1.807, 2.05) is 0 Å². The molecule has 6 saturated carbocycles. The number of carbonyl (C=O) groups is 1. The molecule has 0 spiro atoms. The molecule has 0 aromatic heterocycles. The Morgan fingerprint density at radius 1 is 1.17 bits per heavy atom. The minimum absolute atomic E-state index is 0.0553. The number of rotatable bonds is 1. The number of primary amides is 1. The van der Waals surface area contributed by atoms with Crippen LogP contribution >= 0.6 is 0 Å². The molecule has 6 rings (SSSR count). The average Bonchev–Trinajstić information content (AvgIpc) is 2.78. The SMILES string of the molecule is NC(=O)C12C3C4C5CC(C43)C1C52. The van der Waals surface area contributed by atoms with Gasteiger partial charge in [0.2, 0.25) is 5.91 Å². The first kappa shape index (κ1) is 5.25. The highest BCUT2D eigenvalue weighted by molar-refractivity contribution is 5.89. The molecule has 1 amide bonds. The van der Waals surface area contributed by atoms with Crippen LogP contribution in [0.2, 0.25) is 0 Å². The summed E-state index contributed by atoms with van der Waals surface area (Å²) in [5, 5.41) is 0. The fourth-order valence-corrected chi connectivity index (χ4v) is 6.14. The number of amides is 1. The molecule has 0 aromatic carbocycles. The number of carbonyl (C=O) groups excluding carboxylic acids is 1. The molecule has 6 aliphatic carbocycles. The van der Waals surface area contributed by atoms with Crippen molar-refractivity contribution in [1.82, 2.24) is 0 Å². The molecule has 0 aliphatic heterocycles. The van der Waals surface area contributed by atoms with E-state index >= 15 is 0 Å². The standard InChI is InChI=1S/C10H11NO/c11-9(12)10-6-2-1-3(7(6)10)5-4(2)8(5)10/h2-8H,1H2,(H2,11,12). The fraction of sp³-hybridized carbons (Fsp3) is 0.900. The lowest BCUT2D eigenvalue weighted by Crippen LogP contribution is -2.28.